The quantitative estimate of drug-likeness (QED) is 0.550. The van der Waals surface area contributed by atoms with Crippen molar-refractivity contribution in [3.63, 3.8) is 0 Å². The first-order chi connectivity index (χ1) is 8.00. The Labute approximate surface area is 104 Å². The highest BCUT2D eigenvalue weighted by Crippen LogP contribution is 2.19. The predicted molar refractivity (Wildman–Crippen MR) is 65.1 cm³/mol. The van der Waals surface area contributed by atoms with Crippen molar-refractivity contribution in [2.75, 3.05) is 12.3 Å². The summed E-state index contributed by atoms with van der Waals surface area (Å²) in [6.07, 6.45) is 0.423. The zero-order chi connectivity index (χ0) is 12.8. The molecule has 1 aromatic rings. The Morgan fingerprint density at radius 3 is 2.71 bits per heavy atom. The molecule has 0 atom stereocenters. The Morgan fingerprint density at radius 2 is 2.12 bits per heavy atom. The smallest absolute Gasteiger partial charge is 0.303 e. The Morgan fingerprint density at radius 1 is 1.41 bits per heavy atom. The molecular formula is C11H13ClN2O3. The zero-order valence-corrected chi connectivity index (χ0v) is 9.83. The third-order valence-electron chi connectivity index (χ3n) is 2.12. The maximum absolute atomic E-state index is 11.6. The number of nitrogen functional groups attached to an aromatic ring is 1. The van der Waals surface area contributed by atoms with Gasteiger partial charge in [-0.2, -0.15) is 0 Å². The molecule has 0 spiro atoms. The predicted octanol–water partition coefficient (Wildman–Crippen LogP) is 1.52. The lowest BCUT2D eigenvalue weighted by atomic mass is 10.2. The van der Waals surface area contributed by atoms with Gasteiger partial charge in [-0.05, 0) is 24.6 Å². The van der Waals surface area contributed by atoms with Crippen molar-refractivity contribution in [1.82, 2.24) is 5.32 Å². The van der Waals surface area contributed by atoms with Crippen LogP contribution in [0.15, 0.2) is 18.2 Å². The second-order valence-electron chi connectivity index (χ2n) is 3.49. The van der Waals surface area contributed by atoms with Gasteiger partial charge in [0.2, 0.25) is 0 Å². The van der Waals surface area contributed by atoms with E-state index in [1.165, 1.54) is 6.07 Å². The number of amides is 1. The maximum atomic E-state index is 11.6. The summed E-state index contributed by atoms with van der Waals surface area (Å²) in [5.74, 6) is -1.17. The van der Waals surface area contributed by atoms with Crippen LogP contribution in [-0.4, -0.2) is 23.5 Å². The average molecular weight is 257 g/mol. The Hall–Kier alpha value is -1.75. The summed E-state index contributed by atoms with van der Waals surface area (Å²) in [6, 6.07) is 4.59. The van der Waals surface area contributed by atoms with Crippen LogP contribution >= 0.6 is 11.6 Å². The van der Waals surface area contributed by atoms with E-state index in [2.05, 4.69) is 5.32 Å². The maximum Gasteiger partial charge on any atom is 0.303 e. The van der Waals surface area contributed by atoms with Crippen LogP contribution in [0.25, 0.3) is 0 Å². The van der Waals surface area contributed by atoms with Crippen LogP contribution in [0.5, 0.6) is 0 Å². The lowest BCUT2D eigenvalue weighted by Gasteiger charge is -2.05. The van der Waals surface area contributed by atoms with Crippen molar-refractivity contribution in [3.8, 4) is 0 Å². The fourth-order valence-electron chi connectivity index (χ4n) is 1.21. The van der Waals surface area contributed by atoms with Gasteiger partial charge < -0.3 is 16.2 Å². The molecule has 0 aromatic heterocycles. The van der Waals surface area contributed by atoms with E-state index >= 15 is 0 Å². The molecule has 0 aliphatic rings. The first-order valence-electron chi connectivity index (χ1n) is 5.05. The third kappa shape index (κ3) is 4.32. The van der Waals surface area contributed by atoms with Crippen molar-refractivity contribution < 1.29 is 14.7 Å². The number of aliphatic carboxylic acids is 1. The molecule has 6 heteroatoms. The molecule has 4 N–H and O–H groups in total. The number of carbonyl (C=O) groups excluding carboxylic acids is 1. The molecule has 0 bridgehead atoms. The molecular weight excluding hydrogens is 244 g/mol. The van der Waals surface area contributed by atoms with Crippen LogP contribution in [0.3, 0.4) is 0 Å². The van der Waals surface area contributed by atoms with Gasteiger partial charge in [-0.3, -0.25) is 9.59 Å². The van der Waals surface area contributed by atoms with Gasteiger partial charge in [-0.25, -0.2) is 0 Å². The fourth-order valence-corrected chi connectivity index (χ4v) is 1.39. The van der Waals surface area contributed by atoms with Crippen LogP contribution in [0.4, 0.5) is 5.69 Å². The highest BCUT2D eigenvalue weighted by molar-refractivity contribution is 6.33. The van der Waals surface area contributed by atoms with Gasteiger partial charge in [0.1, 0.15) is 0 Å². The number of carboxylic acids is 1. The van der Waals surface area contributed by atoms with Crippen molar-refractivity contribution in [2.45, 2.75) is 12.8 Å². The van der Waals surface area contributed by atoms with Crippen molar-refractivity contribution in [2.24, 2.45) is 0 Å². The van der Waals surface area contributed by atoms with Crippen LogP contribution in [0.1, 0.15) is 23.2 Å². The molecule has 0 aliphatic carbocycles. The molecule has 1 rings (SSSR count). The van der Waals surface area contributed by atoms with Crippen molar-refractivity contribution in [1.29, 1.82) is 0 Å². The number of benzene rings is 1. The molecule has 0 saturated heterocycles. The Balaban J connectivity index is 2.47. The first-order valence-corrected chi connectivity index (χ1v) is 5.43. The Kier molecular flexibility index (Phi) is 4.78. The molecule has 0 heterocycles. The minimum absolute atomic E-state index is 0.0305. The minimum atomic E-state index is -0.880. The van der Waals surface area contributed by atoms with E-state index in [-0.39, 0.29) is 12.3 Å². The third-order valence-corrected chi connectivity index (χ3v) is 2.44. The summed E-state index contributed by atoms with van der Waals surface area (Å²) >= 11 is 5.78. The first kappa shape index (κ1) is 13.3. The van der Waals surface area contributed by atoms with Gasteiger partial charge >= 0.3 is 5.97 Å². The molecule has 1 aromatic carbocycles. The normalized spacial score (nSPS) is 9.94. The minimum Gasteiger partial charge on any atom is -0.481 e. The summed E-state index contributed by atoms with van der Waals surface area (Å²) in [5, 5.41) is 11.3. The average Bonchev–Trinajstić information content (AvgIpc) is 2.27. The molecule has 5 nitrogen and oxygen atoms in total. The number of carbonyl (C=O) groups is 2. The molecule has 0 saturated carbocycles. The van der Waals surface area contributed by atoms with Gasteiger partial charge in [0.05, 0.1) is 10.7 Å². The lowest BCUT2D eigenvalue weighted by molar-refractivity contribution is -0.137. The zero-order valence-electron chi connectivity index (χ0n) is 9.07. The van der Waals surface area contributed by atoms with Crippen molar-refractivity contribution in [3.05, 3.63) is 28.8 Å². The number of hydrogen-bond donors (Lipinski definition) is 3. The van der Waals surface area contributed by atoms with E-state index in [0.717, 1.165) is 0 Å². The van der Waals surface area contributed by atoms with E-state index in [9.17, 15) is 9.59 Å². The number of halogens is 1. The summed E-state index contributed by atoms with van der Waals surface area (Å²) in [5.41, 5.74) is 6.33. The fraction of sp³-hybridized carbons (Fsp3) is 0.273. The molecule has 0 unspecified atom stereocenters. The van der Waals surface area contributed by atoms with Crippen LogP contribution in [0.2, 0.25) is 5.02 Å². The molecule has 0 aliphatic heterocycles. The van der Waals surface area contributed by atoms with Gasteiger partial charge in [-0.15, -0.1) is 0 Å². The van der Waals surface area contributed by atoms with Gasteiger partial charge in [0.15, 0.2) is 0 Å². The molecule has 17 heavy (non-hydrogen) atoms. The van der Waals surface area contributed by atoms with Gasteiger partial charge in [0.25, 0.3) is 5.91 Å². The van der Waals surface area contributed by atoms with Crippen molar-refractivity contribution >= 4 is 29.2 Å². The van der Waals surface area contributed by atoms with E-state index < -0.39 is 5.97 Å². The number of rotatable bonds is 5. The standard InChI is InChI=1S/C11H13ClN2O3/c12-8-6-7(3-4-9(8)13)11(17)14-5-1-2-10(15)16/h3-4,6H,1-2,5,13H2,(H,14,17)(H,15,16). The van der Waals surface area contributed by atoms with E-state index in [4.69, 9.17) is 22.4 Å². The molecule has 92 valence electrons. The monoisotopic (exact) mass is 256 g/mol. The Bertz CT molecular complexity index is 435. The topological polar surface area (TPSA) is 92.4 Å². The molecule has 0 radical (unpaired) electrons. The number of nitrogens with two attached hydrogens (primary N) is 1. The summed E-state index contributed by atoms with van der Waals surface area (Å²) in [4.78, 5) is 21.8. The SMILES string of the molecule is Nc1ccc(C(=O)NCCCC(=O)O)cc1Cl. The summed E-state index contributed by atoms with van der Waals surface area (Å²) in [7, 11) is 0. The van der Waals surface area contributed by atoms with Gasteiger partial charge in [0, 0.05) is 18.5 Å². The van der Waals surface area contributed by atoms with Gasteiger partial charge in [-0.1, -0.05) is 11.6 Å². The summed E-state index contributed by atoms with van der Waals surface area (Å²) in [6.45, 7) is 0.313. The number of nitrogens with one attached hydrogen (secondary N) is 1. The molecule has 0 fully saturated rings. The number of carboxylic acid groups (broad SMARTS) is 1. The van der Waals surface area contributed by atoms with E-state index in [1.807, 2.05) is 0 Å². The molecule has 1 amide bonds. The number of hydrogen-bond acceptors (Lipinski definition) is 3. The number of anilines is 1. The van der Waals surface area contributed by atoms with E-state index in [0.29, 0.717) is 29.2 Å². The summed E-state index contributed by atoms with van der Waals surface area (Å²) < 4.78 is 0. The lowest BCUT2D eigenvalue weighted by Crippen LogP contribution is -2.24. The highest BCUT2D eigenvalue weighted by Gasteiger charge is 2.07. The van der Waals surface area contributed by atoms with Crippen LogP contribution < -0.4 is 11.1 Å². The second kappa shape index (κ2) is 6.10. The van der Waals surface area contributed by atoms with Crippen LogP contribution in [-0.2, 0) is 4.79 Å². The second-order valence-corrected chi connectivity index (χ2v) is 3.90. The highest BCUT2D eigenvalue weighted by atomic mass is 35.5. The largest absolute Gasteiger partial charge is 0.481 e. The van der Waals surface area contributed by atoms with E-state index in [1.54, 1.807) is 12.1 Å². The van der Waals surface area contributed by atoms with Crippen LogP contribution in [0, 0.1) is 0 Å².